The molecular weight excluding hydrogens is 350 g/mol. The van der Waals surface area contributed by atoms with Crippen LogP contribution in [-0.4, -0.2) is 16.8 Å². The van der Waals surface area contributed by atoms with Crippen molar-refractivity contribution in [1.82, 2.24) is 10.2 Å². The van der Waals surface area contributed by atoms with E-state index in [1.54, 1.807) is 4.90 Å². The Bertz CT molecular complexity index is 1060. The van der Waals surface area contributed by atoms with Crippen LogP contribution in [0.5, 0.6) is 0 Å². The van der Waals surface area contributed by atoms with Crippen LogP contribution in [0.4, 0.5) is 10.5 Å². The molecule has 5 rings (SSSR count). The van der Waals surface area contributed by atoms with E-state index < -0.39 is 0 Å². The molecule has 0 aliphatic carbocycles. The summed E-state index contributed by atoms with van der Waals surface area (Å²) in [5, 5.41) is 5.85. The second-order valence-electron chi connectivity index (χ2n) is 7.15. The number of anilines is 1. The highest BCUT2D eigenvalue weighted by molar-refractivity contribution is 6.00. The van der Waals surface area contributed by atoms with E-state index in [-0.39, 0.29) is 11.9 Å². The first kappa shape index (κ1) is 16.6. The summed E-state index contributed by atoms with van der Waals surface area (Å²) in [5.74, 6) is -0.0210. The zero-order chi connectivity index (χ0) is 19.1. The van der Waals surface area contributed by atoms with Crippen molar-refractivity contribution in [3.8, 4) is 11.1 Å². The van der Waals surface area contributed by atoms with Crippen LogP contribution in [0.1, 0.15) is 27.0 Å². The van der Waals surface area contributed by atoms with Crippen molar-refractivity contribution < 1.29 is 9.59 Å². The molecule has 0 bridgehead atoms. The lowest BCUT2D eigenvalue weighted by molar-refractivity contribution is 0.0965. The normalized spacial score (nSPS) is 14.4. The number of nitrogens with zero attached hydrogens (tertiary/aromatic N) is 1. The lowest BCUT2D eigenvalue weighted by Crippen LogP contribution is -2.30. The number of hydrogen-bond donors (Lipinski definition) is 2. The lowest BCUT2D eigenvalue weighted by Gasteiger charge is -2.16. The number of carbonyl (C=O) groups is 2. The van der Waals surface area contributed by atoms with Crippen LogP contribution in [0.2, 0.25) is 0 Å². The number of urea groups is 1. The molecule has 0 radical (unpaired) electrons. The van der Waals surface area contributed by atoms with Gasteiger partial charge in [-0.15, -0.1) is 0 Å². The molecule has 2 aliphatic heterocycles. The van der Waals surface area contributed by atoms with Gasteiger partial charge in [0.05, 0.1) is 0 Å². The topological polar surface area (TPSA) is 61.4 Å². The predicted molar refractivity (Wildman–Crippen MR) is 108 cm³/mol. The van der Waals surface area contributed by atoms with Gasteiger partial charge in [0, 0.05) is 30.9 Å². The molecule has 3 amide bonds. The molecule has 2 aliphatic rings. The highest BCUT2D eigenvalue weighted by Crippen LogP contribution is 2.30. The number of rotatable bonds is 2. The summed E-state index contributed by atoms with van der Waals surface area (Å²) in [4.78, 5) is 26.3. The van der Waals surface area contributed by atoms with Crippen LogP contribution in [-0.2, 0) is 19.6 Å². The third kappa shape index (κ3) is 2.81. The molecule has 0 saturated heterocycles. The highest BCUT2D eigenvalue weighted by Gasteiger charge is 2.23. The second-order valence-corrected chi connectivity index (χ2v) is 7.15. The molecule has 0 unspecified atom stereocenters. The number of hydrogen-bond acceptors (Lipinski definition) is 2. The summed E-state index contributed by atoms with van der Waals surface area (Å²) in [6, 6.07) is 21.6. The molecule has 3 aromatic carbocycles. The Labute approximate surface area is 163 Å². The summed E-state index contributed by atoms with van der Waals surface area (Å²) >= 11 is 0. The molecular formula is C23H19N3O2. The maximum Gasteiger partial charge on any atom is 0.322 e. The van der Waals surface area contributed by atoms with E-state index >= 15 is 0 Å². The third-order valence-corrected chi connectivity index (χ3v) is 5.42. The Morgan fingerprint density at radius 3 is 2.25 bits per heavy atom. The minimum atomic E-state index is -0.0978. The fourth-order valence-electron chi connectivity index (χ4n) is 3.94. The Hall–Kier alpha value is -3.60. The van der Waals surface area contributed by atoms with Gasteiger partial charge in [-0.3, -0.25) is 4.79 Å². The van der Waals surface area contributed by atoms with Gasteiger partial charge in [-0.2, -0.15) is 0 Å². The van der Waals surface area contributed by atoms with Crippen LogP contribution in [0, 0.1) is 0 Å². The van der Waals surface area contributed by atoms with Gasteiger partial charge in [0.25, 0.3) is 5.91 Å². The van der Waals surface area contributed by atoms with Crippen molar-refractivity contribution in [2.24, 2.45) is 0 Å². The zero-order valence-electron chi connectivity index (χ0n) is 15.2. The quantitative estimate of drug-likeness (QED) is 0.713. The van der Waals surface area contributed by atoms with Gasteiger partial charge in [0.15, 0.2) is 0 Å². The number of benzene rings is 3. The standard InChI is InChI=1S/C23H19N3O2/c27-22-20-7-3-6-19(21(20)12-24-22)15-8-10-18(11-9-15)25-23(28)26-13-16-4-1-2-5-17(16)14-26/h1-11H,12-14H2,(H,24,27)(H,25,28). The molecule has 5 heteroatoms. The van der Waals surface area contributed by atoms with Crippen LogP contribution in [0.25, 0.3) is 11.1 Å². The van der Waals surface area contributed by atoms with E-state index in [1.807, 2.05) is 54.6 Å². The van der Waals surface area contributed by atoms with Crippen molar-refractivity contribution in [2.45, 2.75) is 19.6 Å². The lowest BCUT2D eigenvalue weighted by atomic mass is 9.97. The van der Waals surface area contributed by atoms with Gasteiger partial charge in [-0.05, 0) is 46.0 Å². The number of fused-ring (bicyclic) bond motifs is 2. The van der Waals surface area contributed by atoms with Crippen molar-refractivity contribution >= 4 is 17.6 Å². The van der Waals surface area contributed by atoms with E-state index in [2.05, 4.69) is 22.8 Å². The van der Waals surface area contributed by atoms with E-state index in [1.165, 1.54) is 11.1 Å². The summed E-state index contributed by atoms with van der Waals surface area (Å²) in [5.41, 5.74) is 7.00. The highest BCUT2D eigenvalue weighted by atomic mass is 16.2. The van der Waals surface area contributed by atoms with Gasteiger partial charge in [0.2, 0.25) is 0 Å². The molecule has 0 spiro atoms. The van der Waals surface area contributed by atoms with E-state index in [0.29, 0.717) is 19.6 Å². The summed E-state index contributed by atoms with van der Waals surface area (Å²) < 4.78 is 0. The Morgan fingerprint density at radius 2 is 1.54 bits per heavy atom. The maximum atomic E-state index is 12.6. The first-order valence-electron chi connectivity index (χ1n) is 9.32. The van der Waals surface area contributed by atoms with Gasteiger partial charge < -0.3 is 15.5 Å². The summed E-state index contributed by atoms with van der Waals surface area (Å²) in [7, 11) is 0. The third-order valence-electron chi connectivity index (χ3n) is 5.42. The average Bonchev–Trinajstić information content (AvgIpc) is 3.33. The fraction of sp³-hybridized carbons (Fsp3) is 0.130. The smallest absolute Gasteiger partial charge is 0.322 e. The molecule has 0 atom stereocenters. The zero-order valence-corrected chi connectivity index (χ0v) is 15.2. The summed E-state index contributed by atoms with van der Waals surface area (Å²) in [6.45, 7) is 1.83. The molecule has 0 aromatic heterocycles. The van der Waals surface area contributed by atoms with Crippen LogP contribution >= 0.6 is 0 Å². The number of amides is 3. The fourth-order valence-corrected chi connectivity index (χ4v) is 3.94. The van der Waals surface area contributed by atoms with Crippen molar-refractivity contribution in [2.75, 3.05) is 5.32 Å². The number of carbonyl (C=O) groups excluding carboxylic acids is 2. The molecule has 3 aromatic rings. The SMILES string of the molecule is O=C1NCc2c1cccc2-c1ccc(NC(=O)N2Cc3ccccc3C2)cc1. The van der Waals surface area contributed by atoms with Crippen LogP contribution < -0.4 is 10.6 Å². The van der Waals surface area contributed by atoms with Gasteiger partial charge in [-0.25, -0.2) is 4.79 Å². The average molecular weight is 369 g/mol. The van der Waals surface area contributed by atoms with Gasteiger partial charge >= 0.3 is 6.03 Å². The second kappa shape index (κ2) is 6.53. The largest absolute Gasteiger partial charge is 0.348 e. The Kier molecular flexibility index (Phi) is 3.86. The van der Waals surface area contributed by atoms with E-state index in [4.69, 9.17) is 0 Å². The minimum Gasteiger partial charge on any atom is -0.348 e. The van der Waals surface area contributed by atoms with E-state index in [9.17, 15) is 9.59 Å². The molecule has 2 N–H and O–H groups in total. The monoisotopic (exact) mass is 369 g/mol. The van der Waals surface area contributed by atoms with Crippen molar-refractivity contribution in [3.63, 3.8) is 0 Å². The van der Waals surface area contributed by atoms with Gasteiger partial charge in [0.1, 0.15) is 0 Å². The first-order chi connectivity index (χ1) is 13.7. The number of nitrogens with one attached hydrogen (secondary N) is 2. The minimum absolute atomic E-state index is 0.0210. The molecule has 2 heterocycles. The predicted octanol–water partition coefficient (Wildman–Crippen LogP) is 4.14. The molecule has 28 heavy (non-hydrogen) atoms. The molecule has 5 nitrogen and oxygen atoms in total. The molecule has 138 valence electrons. The molecule has 0 fully saturated rings. The Morgan fingerprint density at radius 1 is 0.857 bits per heavy atom. The maximum absolute atomic E-state index is 12.6. The van der Waals surface area contributed by atoms with Crippen molar-refractivity contribution in [3.05, 3.63) is 89.0 Å². The van der Waals surface area contributed by atoms with E-state index in [0.717, 1.165) is 27.9 Å². The molecule has 0 saturated carbocycles. The van der Waals surface area contributed by atoms with Crippen LogP contribution in [0.3, 0.4) is 0 Å². The summed E-state index contributed by atoms with van der Waals surface area (Å²) in [6.07, 6.45) is 0. The van der Waals surface area contributed by atoms with Crippen molar-refractivity contribution in [1.29, 1.82) is 0 Å². The van der Waals surface area contributed by atoms with Gasteiger partial charge in [-0.1, -0.05) is 48.5 Å². The first-order valence-corrected chi connectivity index (χ1v) is 9.32. The van der Waals surface area contributed by atoms with Crippen LogP contribution in [0.15, 0.2) is 66.7 Å². The Balaban J connectivity index is 1.32.